The Kier molecular flexibility index (Phi) is 3.20. The van der Waals surface area contributed by atoms with Crippen molar-refractivity contribution < 1.29 is 5.11 Å². The highest BCUT2D eigenvalue weighted by Crippen LogP contribution is 2.23. The molecule has 0 saturated heterocycles. The quantitative estimate of drug-likeness (QED) is 0.621. The van der Waals surface area contributed by atoms with E-state index in [-0.39, 0.29) is 0 Å². The van der Waals surface area contributed by atoms with Crippen LogP contribution in [-0.2, 0) is 0 Å². The summed E-state index contributed by atoms with van der Waals surface area (Å²) in [5.41, 5.74) is -0.417. The van der Waals surface area contributed by atoms with Gasteiger partial charge in [-0.05, 0) is 18.8 Å². The zero-order valence-corrected chi connectivity index (χ0v) is 6.94. The Bertz CT molecular complexity index is 72.6. The van der Waals surface area contributed by atoms with Crippen LogP contribution in [-0.4, -0.2) is 10.7 Å². The summed E-state index contributed by atoms with van der Waals surface area (Å²) >= 11 is 0. The lowest BCUT2D eigenvalue weighted by atomic mass is 9.86. The van der Waals surface area contributed by atoms with Crippen LogP contribution in [0.25, 0.3) is 0 Å². The smallest absolute Gasteiger partial charge is 0.0665 e. The molecule has 0 aromatic rings. The molecule has 0 radical (unpaired) electrons. The summed E-state index contributed by atoms with van der Waals surface area (Å²) in [4.78, 5) is 0. The van der Waals surface area contributed by atoms with E-state index in [9.17, 15) is 5.11 Å². The summed E-state index contributed by atoms with van der Waals surface area (Å²) in [7, 11) is 0. The molecule has 1 N–H and O–H groups in total. The van der Waals surface area contributed by atoms with Crippen molar-refractivity contribution in [2.45, 2.75) is 46.1 Å². The average molecular weight is 130 g/mol. The molecule has 1 nitrogen and oxygen atoms in total. The summed E-state index contributed by atoms with van der Waals surface area (Å²) in [6.07, 6.45) is 1.72. The number of rotatable bonds is 3. The maximum atomic E-state index is 9.71. The predicted molar refractivity (Wildman–Crippen MR) is 40.4 cm³/mol. The van der Waals surface area contributed by atoms with Crippen molar-refractivity contribution in [1.29, 1.82) is 0 Å². The molecule has 1 heteroatoms. The van der Waals surface area contributed by atoms with Gasteiger partial charge in [0.2, 0.25) is 0 Å². The molecule has 0 aromatic carbocycles. The van der Waals surface area contributed by atoms with Crippen LogP contribution < -0.4 is 0 Å². The monoisotopic (exact) mass is 130 g/mol. The molecule has 0 heterocycles. The lowest BCUT2D eigenvalue weighted by Crippen LogP contribution is -2.32. The fourth-order valence-corrected chi connectivity index (χ4v) is 1.07. The second-order valence-corrected chi connectivity index (χ2v) is 2.97. The molecule has 0 spiro atoms. The molecular weight excluding hydrogens is 112 g/mol. The van der Waals surface area contributed by atoms with Gasteiger partial charge in [0.1, 0.15) is 0 Å². The minimum atomic E-state index is -0.417. The Labute approximate surface area is 58.1 Å². The van der Waals surface area contributed by atoms with Gasteiger partial charge in [-0.15, -0.1) is 0 Å². The Balaban J connectivity index is 3.92. The molecule has 0 saturated carbocycles. The molecule has 56 valence electrons. The molecule has 0 unspecified atom stereocenters. The Morgan fingerprint density at radius 3 is 1.56 bits per heavy atom. The lowest BCUT2D eigenvalue weighted by Gasteiger charge is -2.29. The summed E-state index contributed by atoms with van der Waals surface area (Å²) in [6, 6.07) is 0. The van der Waals surface area contributed by atoms with Crippen LogP contribution in [0.2, 0.25) is 0 Å². The third-order valence-corrected chi connectivity index (χ3v) is 2.30. The van der Waals surface area contributed by atoms with Crippen molar-refractivity contribution >= 4 is 0 Å². The van der Waals surface area contributed by atoms with Crippen molar-refractivity contribution in [2.24, 2.45) is 5.92 Å². The topological polar surface area (TPSA) is 20.2 Å². The highest BCUT2D eigenvalue weighted by atomic mass is 16.3. The third-order valence-electron chi connectivity index (χ3n) is 2.30. The van der Waals surface area contributed by atoms with Gasteiger partial charge in [0, 0.05) is 0 Å². The molecular formula is C8H18O. The fourth-order valence-electron chi connectivity index (χ4n) is 1.07. The average Bonchev–Trinajstić information content (AvgIpc) is 1.86. The molecule has 0 aliphatic heterocycles. The first-order chi connectivity index (χ1) is 4.06. The van der Waals surface area contributed by atoms with E-state index in [0.29, 0.717) is 5.92 Å². The van der Waals surface area contributed by atoms with E-state index in [1.807, 2.05) is 13.8 Å². The number of hydrogen-bond donors (Lipinski definition) is 1. The molecule has 0 aliphatic carbocycles. The van der Waals surface area contributed by atoms with Gasteiger partial charge in [-0.25, -0.2) is 0 Å². The Hall–Kier alpha value is -0.0400. The van der Waals surface area contributed by atoms with E-state index in [1.165, 1.54) is 0 Å². The van der Waals surface area contributed by atoms with Gasteiger partial charge in [0.25, 0.3) is 0 Å². The first-order valence-corrected chi connectivity index (χ1v) is 3.79. The van der Waals surface area contributed by atoms with Gasteiger partial charge in [-0.1, -0.05) is 27.7 Å². The SMILES string of the molecule is CCC(O)(CC)C(C)C. The second kappa shape index (κ2) is 3.21. The maximum absolute atomic E-state index is 9.71. The van der Waals surface area contributed by atoms with Crippen molar-refractivity contribution in [3.63, 3.8) is 0 Å². The number of hydrogen-bond acceptors (Lipinski definition) is 1. The van der Waals surface area contributed by atoms with E-state index in [2.05, 4.69) is 13.8 Å². The van der Waals surface area contributed by atoms with E-state index in [4.69, 9.17) is 0 Å². The molecule has 0 amide bonds. The lowest BCUT2D eigenvalue weighted by molar-refractivity contribution is -0.0121. The third kappa shape index (κ3) is 1.98. The first kappa shape index (κ1) is 8.96. The fraction of sp³-hybridized carbons (Fsp3) is 1.00. The van der Waals surface area contributed by atoms with E-state index in [1.54, 1.807) is 0 Å². The highest BCUT2D eigenvalue weighted by Gasteiger charge is 2.25. The largest absolute Gasteiger partial charge is 0.390 e. The van der Waals surface area contributed by atoms with Crippen molar-refractivity contribution in [1.82, 2.24) is 0 Å². The van der Waals surface area contributed by atoms with Crippen molar-refractivity contribution in [3.05, 3.63) is 0 Å². The van der Waals surface area contributed by atoms with Gasteiger partial charge in [0.05, 0.1) is 5.60 Å². The van der Waals surface area contributed by atoms with Crippen LogP contribution in [0.3, 0.4) is 0 Å². The van der Waals surface area contributed by atoms with Gasteiger partial charge in [-0.3, -0.25) is 0 Å². The summed E-state index contributed by atoms with van der Waals surface area (Å²) in [5.74, 6) is 0.382. The molecule has 0 aliphatic rings. The minimum Gasteiger partial charge on any atom is -0.390 e. The van der Waals surface area contributed by atoms with Crippen LogP contribution in [0.4, 0.5) is 0 Å². The summed E-state index contributed by atoms with van der Waals surface area (Å²) < 4.78 is 0. The predicted octanol–water partition coefficient (Wildman–Crippen LogP) is 2.19. The normalized spacial score (nSPS) is 12.7. The van der Waals surface area contributed by atoms with Crippen LogP contribution >= 0.6 is 0 Å². The van der Waals surface area contributed by atoms with Crippen molar-refractivity contribution in [3.8, 4) is 0 Å². The van der Waals surface area contributed by atoms with E-state index in [0.717, 1.165) is 12.8 Å². The summed E-state index contributed by atoms with van der Waals surface area (Å²) in [6.45, 7) is 8.19. The van der Waals surface area contributed by atoms with Crippen LogP contribution in [0.5, 0.6) is 0 Å². The molecule has 0 aromatic heterocycles. The minimum absolute atomic E-state index is 0.382. The van der Waals surface area contributed by atoms with Gasteiger partial charge in [-0.2, -0.15) is 0 Å². The zero-order valence-electron chi connectivity index (χ0n) is 6.94. The molecule has 0 rings (SSSR count). The van der Waals surface area contributed by atoms with E-state index >= 15 is 0 Å². The van der Waals surface area contributed by atoms with Gasteiger partial charge < -0.3 is 5.11 Å². The van der Waals surface area contributed by atoms with Gasteiger partial charge in [0.15, 0.2) is 0 Å². The first-order valence-electron chi connectivity index (χ1n) is 3.79. The highest BCUT2D eigenvalue weighted by molar-refractivity contribution is 4.77. The van der Waals surface area contributed by atoms with Crippen LogP contribution in [0.1, 0.15) is 40.5 Å². The van der Waals surface area contributed by atoms with Crippen LogP contribution in [0.15, 0.2) is 0 Å². The van der Waals surface area contributed by atoms with Gasteiger partial charge >= 0.3 is 0 Å². The standard InChI is InChI=1S/C8H18O/c1-5-8(9,6-2)7(3)4/h7,9H,5-6H2,1-4H3. The Morgan fingerprint density at radius 1 is 1.22 bits per heavy atom. The Morgan fingerprint density at radius 2 is 1.56 bits per heavy atom. The zero-order chi connectivity index (χ0) is 7.49. The van der Waals surface area contributed by atoms with Crippen molar-refractivity contribution in [2.75, 3.05) is 0 Å². The van der Waals surface area contributed by atoms with E-state index < -0.39 is 5.60 Å². The second-order valence-electron chi connectivity index (χ2n) is 2.97. The van der Waals surface area contributed by atoms with Crippen LogP contribution in [0, 0.1) is 5.92 Å². The molecule has 9 heavy (non-hydrogen) atoms. The summed E-state index contributed by atoms with van der Waals surface area (Å²) in [5, 5.41) is 9.71. The molecule has 0 fully saturated rings. The molecule has 0 bridgehead atoms. The number of aliphatic hydroxyl groups is 1. The molecule has 0 atom stereocenters. The maximum Gasteiger partial charge on any atom is 0.0665 e.